The minimum atomic E-state index is -2.90. The molecule has 1 unspecified atom stereocenters. The molecule has 0 aromatic rings. The number of carboxylic acids is 1. The molecular weight excluding hydrogens is 272 g/mol. The molecule has 1 rings (SSSR count). The zero-order valence-corrected chi connectivity index (χ0v) is 11.3. The van der Waals surface area contributed by atoms with Crippen LogP contribution in [0, 0.1) is 5.41 Å². The van der Waals surface area contributed by atoms with E-state index in [1.165, 1.54) is 0 Å². The van der Waals surface area contributed by atoms with Crippen LogP contribution < -0.4 is 5.32 Å². The second-order valence-corrected chi connectivity index (χ2v) is 5.51. The molecule has 0 aliphatic heterocycles. The Morgan fingerprint density at radius 1 is 1.15 bits per heavy atom. The van der Waals surface area contributed by atoms with Crippen molar-refractivity contribution in [3.8, 4) is 0 Å². The molecule has 0 aromatic carbocycles. The third kappa shape index (κ3) is 5.40. The minimum absolute atomic E-state index is 0.00918. The Morgan fingerprint density at radius 3 is 2.25 bits per heavy atom. The number of aliphatic carboxylic acids is 1. The summed E-state index contributed by atoms with van der Waals surface area (Å²) in [6.07, 6.45) is -0.784. The van der Waals surface area contributed by atoms with E-state index in [-0.39, 0.29) is 12.8 Å². The first-order valence-corrected chi connectivity index (χ1v) is 6.79. The van der Waals surface area contributed by atoms with Gasteiger partial charge in [0.05, 0.1) is 6.42 Å². The number of aliphatic hydroxyl groups is 1. The Labute approximate surface area is 116 Å². The minimum Gasteiger partial charge on any atom is -0.481 e. The first-order chi connectivity index (χ1) is 9.34. The summed E-state index contributed by atoms with van der Waals surface area (Å²) in [5.74, 6) is -1.43. The smallest absolute Gasteiger partial charge is 0.303 e. The van der Waals surface area contributed by atoms with Crippen molar-refractivity contribution in [3.63, 3.8) is 0 Å². The van der Waals surface area contributed by atoms with E-state index in [4.69, 9.17) is 10.2 Å². The second-order valence-electron chi connectivity index (χ2n) is 5.51. The van der Waals surface area contributed by atoms with Crippen LogP contribution >= 0.6 is 0 Å². The first-order valence-electron chi connectivity index (χ1n) is 6.79. The molecular formula is C13H21F2NO4. The highest BCUT2D eigenvalue weighted by atomic mass is 19.3. The fraction of sp³-hybridized carbons (Fsp3) is 0.846. The van der Waals surface area contributed by atoms with Crippen molar-refractivity contribution in [1.82, 2.24) is 5.32 Å². The van der Waals surface area contributed by atoms with Gasteiger partial charge in [0.1, 0.15) is 6.10 Å². The molecule has 1 fully saturated rings. The standard InChI is InChI=1S/C13H21F2NO4/c14-12(15)9(17)8-16-10(18)6-13(7-11(19)20)4-2-1-3-5-13/h9,12,17H,1-8H2,(H,16,18)(H,19,20). The van der Waals surface area contributed by atoms with Crippen molar-refractivity contribution in [2.24, 2.45) is 5.41 Å². The van der Waals surface area contributed by atoms with Gasteiger partial charge in [-0.1, -0.05) is 19.3 Å². The fourth-order valence-electron chi connectivity index (χ4n) is 2.75. The zero-order chi connectivity index (χ0) is 15.2. The average Bonchev–Trinajstić information content (AvgIpc) is 2.35. The lowest BCUT2D eigenvalue weighted by atomic mass is 9.69. The van der Waals surface area contributed by atoms with Crippen LogP contribution in [0.15, 0.2) is 0 Å². The van der Waals surface area contributed by atoms with Crippen LogP contribution in [0.5, 0.6) is 0 Å². The van der Waals surface area contributed by atoms with E-state index in [1.54, 1.807) is 0 Å². The van der Waals surface area contributed by atoms with Gasteiger partial charge < -0.3 is 15.5 Å². The van der Waals surface area contributed by atoms with E-state index in [2.05, 4.69) is 5.32 Å². The van der Waals surface area contributed by atoms with Gasteiger partial charge in [-0.15, -0.1) is 0 Å². The number of carbonyl (C=O) groups is 2. The van der Waals surface area contributed by atoms with Crippen LogP contribution in [-0.2, 0) is 9.59 Å². The van der Waals surface area contributed by atoms with E-state index in [9.17, 15) is 18.4 Å². The predicted molar refractivity (Wildman–Crippen MR) is 67.4 cm³/mol. The van der Waals surface area contributed by atoms with Crippen molar-refractivity contribution in [1.29, 1.82) is 0 Å². The van der Waals surface area contributed by atoms with E-state index in [1.807, 2.05) is 0 Å². The van der Waals surface area contributed by atoms with Crippen molar-refractivity contribution < 1.29 is 28.6 Å². The third-order valence-corrected chi connectivity index (χ3v) is 3.78. The van der Waals surface area contributed by atoms with Crippen LogP contribution in [0.25, 0.3) is 0 Å². The highest BCUT2D eigenvalue weighted by Crippen LogP contribution is 2.42. The molecule has 3 N–H and O–H groups in total. The number of amides is 1. The molecule has 1 amide bonds. The molecule has 0 aromatic heterocycles. The lowest BCUT2D eigenvalue weighted by Crippen LogP contribution is -2.39. The number of alkyl halides is 2. The number of carboxylic acid groups (broad SMARTS) is 1. The summed E-state index contributed by atoms with van der Waals surface area (Å²) < 4.78 is 24.2. The molecule has 1 aliphatic carbocycles. The Kier molecular flexibility index (Phi) is 6.32. The topological polar surface area (TPSA) is 86.6 Å². The molecule has 0 saturated heterocycles. The van der Waals surface area contributed by atoms with Gasteiger partial charge in [-0.05, 0) is 18.3 Å². The maximum Gasteiger partial charge on any atom is 0.303 e. The molecule has 116 valence electrons. The van der Waals surface area contributed by atoms with Crippen molar-refractivity contribution in [2.75, 3.05) is 6.54 Å². The number of hydrogen-bond donors (Lipinski definition) is 3. The van der Waals surface area contributed by atoms with Crippen LogP contribution in [0.4, 0.5) is 8.78 Å². The molecule has 5 nitrogen and oxygen atoms in total. The van der Waals surface area contributed by atoms with Crippen LogP contribution in [0.1, 0.15) is 44.9 Å². The number of rotatable bonds is 7. The fourth-order valence-corrected chi connectivity index (χ4v) is 2.75. The molecule has 0 radical (unpaired) electrons. The van der Waals surface area contributed by atoms with Gasteiger partial charge in [0.25, 0.3) is 6.43 Å². The molecule has 1 atom stereocenters. The quantitative estimate of drug-likeness (QED) is 0.664. The molecule has 1 saturated carbocycles. The van der Waals surface area contributed by atoms with E-state index in [0.717, 1.165) is 19.3 Å². The number of halogens is 2. The lowest BCUT2D eigenvalue weighted by Gasteiger charge is -2.35. The Morgan fingerprint density at radius 2 is 1.75 bits per heavy atom. The Balaban J connectivity index is 2.52. The van der Waals surface area contributed by atoms with Gasteiger partial charge in [0, 0.05) is 13.0 Å². The van der Waals surface area contributed by atoms with Gasteiger partial charge in [0.15, 0.2) is 0 Å². The van der Waals surface area contributed by atoms with E-state index < -0.39 is 36.4 Å². The number of nitrogens with one attached hydrogen (secondary N) is 1. The van der Waals surface area contributed by atoms with Crippen LogP contribution in [0.3, 0.4) is 0 Å². The molecule has 0 heterocycles. The van der Waals surface area contributed by atoms with Crippen molar-refractivity contribution >= 4 is 11.9 Å². The molecule has 0 bridgehead atoms. The number of carbonyl (C=O) groups excluding carboxylic acids is 1. The summed E-state index contributed by atoms with van der Waals surface area (Å²) in [6.45, 7) is -0.514. The number of hydrogen-bond acceptors (Lipinski definition) is 3. The van der Waals surface area contributed by atoms with Crippen LogP contribution in [0.2, 0.25) is 0 Å². The third-order valence-electron chi connectivity index (χ3n) is 3.78. The van der Waals surface area contributed by atoms with E-state index in [0.29, 0.717) is 12.8 Å². The second kappa shape index (κ2) is 7.52. The van der Waals surface area contributed by atoms with E-state index >= 15 is 0 Å². The molecule has 7 heteroatoms. The van der Waals surface area contributed by atoms with Crippen molar-refractivity contribution in [2.45, 2.75) is 57.5 Å². The van der Waals surface area contributed by atoms with Gasteiger partial charge in [0.2, 0.25) is 5.91 Å². The molecule has 0 spiro atoms. The monoisotopic (exact) mass is 293 g/mol. The summed E-state index contributed by atoms with van der Waals surface area (Å²) in [6, 6.07) is 0. The normalized spacial score (nSPS) is 19.6. The average molecular weight is 293 g/mol. The predicted octanol–water partition coefficient (Wildman–Crippen LogP) is 1.54. The molecule has 1 aliphatic rings. The summed E-state index contributed by atoms with van der Waals surface area (Å²) >= 11 is 0. The summed E-state index contributed by atoms with van der Waals surface area (Å²) in [5, 5.41) is 20.1. The van der Waals surface area contributed by atoms with Crippen molar-refractivity contribution in [3.05, 3.63) is 0 Å². The summed E-state index contributed by atoms with van der Waals surface area (Å²) in [4.78, 5) is 22.7. The Hall–Kier alpha value is -1.24. The molecule has 20 heavy (non-hydrogen) atoms. The van der Waals surface area contributed by atoms with Gasteiger partial charge in [-0.25, -0.2) is 8.78 Å². The maximum absolute atomic E-state index is 12.1. The Bertz CT molecular complexity index is 343. The van der Waals surface area contributed by atoms with Gasteiger partial charge in [-0.3, -0.25) is 9.59 Å². The first kappa shape index (κ1) is 16.8. The largest absolute Gasteiger partial charge is 0.481 e. The highest BCUT2D eigenvalue weighted by molar-refractivity contribution is 5.78. The number of aliphatic hydroxyl groups excluding tert-OH is 1. The lowest BCUT2D eigenvalue weighted by molar-refractivity contribution is -0.141. The summed E-state index contributed by atoms with van der Waals surface area (Å²) in [5.41, 5.74) is -0.579. The zero-order valence-electron chi connectivity index (χ0n) is 11.3. The van der Waals surface area contributed by atoms with Gasteiger partial charge in [-0.2, -0.15) is 0 Å². The van der Waals surface area contributed by atoms with Crippen LogP contribution in [-0.4, -0.2) is 41.2 Å². The highest BCUT2D eigenvalue weighted by Gasteiger charge is 2.36. The summed E-state index contributed by atoms with van der Waals surface area (Å²) in [7, 11) is 0. The SMILES string of the molecule is O=C(O)CC1(CC(=O)NCC(O)C(F)F)CCCCC1. The van der Waals surface area contributed by atoms with Gasteiger partial charge >= 0.3 is 5.97 Å². The maximum atomic E-state index is 12.1.